The number of ether oxygens (including phenoxy) is 2. The number of aryl methyl sites for hydroxylation is 1. The van der Waals surface area contributed by atoms with Gasteiger partial charge in [0.1, 0.15) is 6.61 Å². The van der Waals surface area contributed by atoms with Crippen LogP contribution >= 0.6 is 0 Å². The van der Waals surface area contributed by atoms with Crippen molar-refractivity contribution in [3.63, 3.8) is 0 Å². The Hall–Kier alpha value is -4.17. The van der Waals surface area contributed by atoms with Gasteiger partial charge in [-0.25, -0.2) is 4.79 Å². The summed E-state index contributed by atoms with van der Waals surface area (Å²) in [5.41, 5.74) is 4.06. The van der Waals surface area contributed by atoms with Gasteiger partial charge in [-0.1, -0.05) is 72.3 Å². The lowest BCUT2D eigenvalue weighted by atomic mass is 10.00. The molecule has 0 saturated carbocycles. The summed E-state index contributed by atoms with van der Waals surface area (Å²) in [6.07, 6.45) is -1.42. The Balaban J connectivity index is 1.60. The molecule has 1 saturated heterocycles. The first-order valence-corrected chi connectivity index (χ1v) is 11.7. The predicted molar refractivity (Wildman–Crippen MR) is 135 cm³/mol. The van der Waals surface area contributed by atoms with Crippen LogP contribution in [0.15, 0.2) is 78.9 Å². The Morgan fingerprint density at radius 3 is 2.44 bits per heavy atom. The van der Waals surface area contributed by atoms with Crippen LogP contribution in [0.25, 0.3) is 0 Å². The highest BCUT2D eigenvalue weighted by Gasteiger charge is 2.47. The van der Waals surface area contributed by atoms with Crippen LogP contribution in [0.1, 0.15) is 28.4 Å². The first-order chi connectivity index (χ1) is 17.4. The predicted octanol–water partition coefficient (Wildman–Crippen LogP) is 3.96. The maximum Gasteiger partial charge on any atom is 0.411 e. The standard InChI is InChI=1S/C28H29N3O5/c1-19-11-13-21(14-12-19)17-31-25(27(33)29-16-20-7-4-3-5-8-20)26(36-28(31)34)22-9-6-10-23(15-22)30-24(32)18-35-2/h3-15,25-26H,16-18H2,1-2H3,(H,29,33)(H,30,32)/t25-,26+/m0/s1. The monoisotopic (exact) mass is 487 g/mol. The molecule has 2 atom stereocenters. The van der Waals surface area contributed by atoms with E-state index >= 15 is 0 Å². The molecular weight excluding hydrogens is 458 g/mol. The fourth-order valence-corrected chi connectivity index (χ4v) is 4.11. The molecule has 186 valence electrons. The summed E-state index contributed by atoms with van der Waals surface area (Å²) in [7, 11) is 1.44. The van der Waals surface area contributed by atoms with Gasteiger partial charge < -0.3 is 20.1 Å². The molecule has 4 rings (SSSR count). The zero-order valence-electron chi connectivity index (χ0n) is 20.3. The van der Waals surface area contributed by atoms with E-state index in [1.807, 2.05) is 61.5 Å². The lowest BCUT2D eigenvalue weighted by molar-refractivity contribution is -0.126. The molecule has 3 amide bonds. The third-order valence-electron chi connectivity index (χ3n) is 5.91. The molecule has 1 heterocycles. The highest BCUT2D eigenvalue weighted by Crippen LogP contribution is 2.35. The smallest absolute Gasteiger partial charge is 0.411 e. The Bertz CT molecular complexity index is 1210. The van der Waals surface area contributed by atoms with Crippen LogP contribution in [0.4, 0.5) is 10.5 Å². The average molecular weight is 488 g/mol. The maximum atomic E-state index is 13.5. The second-order valence-electron chi connectivity index (χ2n) is 8.67. The first kappa shape index (κ1) is 24.9. The van der Waals surface area contributed by atoms with Gasteiger partial charge in [-0.2, -0.15) is 0 Å². The zero-order valence-corrected chi connectivity index (χ0v) is 20.3. The molecule has 2 N–H and O–H groups in total. The Morgan fingerprint density at radius 2 is 1.72 bits per heavy atom. The van der Waals surface area contributed by atoms with Gasteiger partial charge in [0, 0.05) is 19.3 Å². The molecule has 0 radical (unpaired) electrons. The number of carbonyl (C=O) groups excluding carboxylic acids is 3. The van der Waals surface area contributed by atoms with E-state index in [2.05, 4.69) is 10.6 Å². The minimum Gasteiger partial charge on any atom is -0.438 e. The van der Waals surface area contributed by atoms with Gasteiger partial charge in [0.05, 0.1) is 6.54 Å². The zero-order chi connectivity index (χ0) is 25.5. The number of cyclic esters (lactones) is 1. The number of amides is 3. The third kappa shape index (κ3) is 6.09. The number of hydrogen-bond donors (Lipinski definition) is 2. The highest BCUT2D eigenvalue weighted by atomic mass is 16.6. The van der Waals surface area contributed by atoms with Crippen LogP contribution < -0.4 is 10.6 Å². The molecule has 1 aliphatic heterocycles. The van der Waals surface area contributed by atoms with Gasteiger partial charge >= 0.3 is 6.09 Å². The van der Waals surface area contributed by atoms with Gasteiger partial charge in [-0.15, -0.1) is 0 Å². The summed E-state index contributed by atoms with van der Waals surface area (Å²) in [6, 6.07) is 23.4. The van der Waals surface area contributed by atoms with Crippen molar-refractivity contribution in [2.24, 2.45) is 0 Å². The van der Waals surface area contributed by atoms with E-state index in [-0.39, 0.29) is 25.0 Å². The van der Waals surface area contributed by atoms with Crippen molar-refractivity contribution in [1.82, 2.24) is 10.2 Å². The fraction of sp³-hybridized carbons (Fsp3) is 0.250. The topological polar surface area (TPSA) is 97.0 Å². The number of anilines is 1. The molecule has 36 heavy (non-hydrogen) atoms. The van der Waals surface area contributed by atoms with E-state index in [0.717, 1.165) is 16.7 Å². The summed E-state index contributed by atoms with van der Waals surface area (Å²) in [5.74, 6) is -0.633. The molecule has 1 aliphatic rings. The van der Waals surface area contributed by atoms with E-state index in [0.29, 0.717) is 17.8 Å². The van der Waals surface area contributed by atoms with E-state index < -0.39 is 18.2 Å². The van der Waals surface area contributed by atoms with Crippen molar-refractivity contribution >= 4 is 23.6 Å². The number of rotatable bonds is 9. The van der Waals surface area contributed by atoms with Gasteiger partial charge in [-0.3, -0.25) is 14.5 Å². The van der Waals surface area contributed by atoms with Crippen molar-refractivity contribution in [3.8, 4) is 0 Å². The summed E-state index contributed by atoms with van der Waals surface area (Å²) in [6.45, 7) is 2.45. The van der Waals surface area contributed by atoms with Gasteiger partial charge in [0.15, 0.2) is 12.1 Å². The minimum atomic E-state index is -0.896. The molecule has 8 heteroatoms. The van der Waals surface area contributed by atoms with Gasteiger partial charge in [-0.05, 0) is 35.7 Å². The van der Waals surface area contributed by atoms with Crippen molar-refractivity contribution in [2.45, 2.75) is 32.2 Å². The molecule has 0 aromatic heterocycles. The largest absolute Gasteiger partial charge is 0.438 e. The van der Waals surface area contributed by atoms with Crippen LogP contribution in [0.2, 0.25) is 0 Å². The normalized spacial score (nSPS) is 16.9. The number of hydrogen-bond acceptors (Lipinski definition) is 5. The van der Waals surface area contributed by atoms with Gasteiger partial charge in [0.25, 0.3) is 0 Å². The fourth-order valence-electron chi connectivity index (χ4n) is 4.11. The minimum absolute atomic E-state index is 0.0858. The molecule has 0 aliphatic carbocycles. The lowest BCUT2D eigenvalue weighted by Crippen LogP contribution is -2.46. The Kier molecular flexibility index (Phi) is 7.97. The van der Waals surface area contributed by atoms with Crippen molar-refractivity contribution in [2.75, 3.05) is 19.0 Å². The average Bonchev–Trinajstić information content (AvgIpc) is 3.20. The van der Waals surface area contributed by atoms with Crippen LogP contribution in [0.3, 0.4) is 0 Å². The SMILES string of the molecule is COCC(=O)Nc1cccc([C@H]2OC(=O)N(Cc3ccc(C)cc3)[C@@H]2C(=O)NCc2ccccc2)c1. The van der Waals surface area contributed by atoms with Crippen LogP contribution in [-0.2, 0) is 32.2 Å². The number of methoxy groups -OCH3 is 1. The van der Waals surface area contributed by atoms with E-state index in [1.54, 1.807) is 24.3 Å². The first-order valence-electron chi connectivity index (χ1n) is 11.7. The molecule has 3 aromatic rings. The summed E-state index contributed by atoms with van der Waals surface area (Å²) in [5, 5.41) is 5.70. The number of carbonyl (C=O) groups is 3. The van der Waals surface area contributed by atoms with Crippen molar-refractivity contribution in [3.05, 3.63) is 101 Å². The Labute approximate surface area is 210 Å². The van der Waals surface area contributed by atoms with E-state index in [4.69, 9.17) is 9.47 Å². The molecule has 8 nitrogen and oxygen atoms in total. The molecule has 0 spiro atoms. The number of nitrogens with one attached hydrogen (secondary N) is 2. The van der Waals surface area contributed by atoms with Crippen LogP contribution in [-0.4, -0.2) is 42.6 Å². The van der Waals surface area contributed by atoms with Crippen LogP contribution in [0.5, 0.6) is 0 Å². The highest BCUT2D eigenvalue weighted by molar-refractivity contribution is 5.92. The number of benzene rings is 3. The van der Waals surface area contributed by atoms with Gasteiger partial charge in [0.2, 0.25) is 11.8 Å². The summed E-state index contributed by atoms with van der Waals surface area (Å²) in [4.78, 5) is 39.9. The van der Waals surface area contributed by atoms with E-state index in [1.165, 1.54) is 12.0 Å². The number of nitrogens with zero attached hydrogens (tertiary/aromatic N) is 1. The molecule has 3 aromatic carbocycles. The van der Waals surface area contributed by atoms with E-state index in [9.17, 15) is 14.4 Å². The molecular formula is C28H29N3O5. The molecule has 0 unspecified atom stereocenters. The molecule has 1 fully saturated rings. The van der Waals surface area contributed by atoms with Crippen molar-refractivity contribution in [1.29, 1.82) is 0 Å². The molecule has 0 bridgehead atoms. The second-order valence-corrected chi connectivity index (χ2v) is 8.67. The summed E-state index contributed by atoms with van der Waals surface area (Å²) < 4.78 is 10.6. The third-order valence-corrected chi connectivity index (χ3v) is 5.91. The lowest BCUT2D eigenvalue weighted by Gasteiger charge is -2.24. The van der Waals surface area contributed by atoms with Crippen molar-refractivity contribution < 1.29 is 23.9 Å². The van der Waals surface area contributed by atoms with Crippen LogP contribution in [0, 0.1) is 6.92 Å². The maximum absolute atomic E-state index is 13.5. The quantitative estimate of drug-likeness (QED) is 0.476. The summed E-state index contributed by atoms with van der Waals surface area (Å²) >= 11 is 0. The second kappa shape index (κ2) is 11.5. The Morgan fingerprint density at radius 1 is 0.972 bits per heavy atom.